The van der Waals surface area contributed by atoms with Crippen molar-refractivity contribution < 1.29 is 37.3 Å². The van der Waals surface area contributed by atoms with E-state index in [-0.39, 0.29) is 24.9 Å². The zero-order valence-electron chi connectivity index (χ0n) is 50.4. The molecule has 0 radical (unpaired) electrons. The van der Waals surface area contributed by atoms with Crippen molar-refractivity contribution in [3.63, 3.8) is 0 Å². The lowest BCUT2D eigenvalue weighted by molar-refractivity contribution is -0.870. The molecule has 0 aliphatic heterocycles. The van der Waals surface area contributed by atoms with Gasteiger partial charge in [-0.05, 0) is 96.0 Å². The fourth-order valence-electron chi connectivity index (χ4n) is 8.93. The molecule has 0 aliphatic carbocycles. The van der Waals surface area contributed by atoms with E-state index in [9.17, 15) is 19.0 Å². The van der Waals surface area contributed by atoms with Crippen LogP contribution in [0.5, 0.6) is 0 Å². The van der Waals surface area contributed by atoms with E-state index < -0.39 is 26.6 Å². The summed E-state index contributed by atoms with van der Waals surface area (Å²) < 4.78 is 30.3. The Kier molecular flexibility index (Phi) is 53.9. The molecule has 0 bridgehead atoms. The Morgan fingerprint density at radius 1 is 0.474 bits per heavy atom. The molecule has 1 amide bonds. The molecule has 10 heteroatoms. The maximum atomic E-state index is 13.5. The number of unbranched alkanes of at least 4 members (excludes halogenated alkanes) is 32. The number of nitrogens with zero attached hydrogens (tertiary/aromatic N) is 1. The maximum Gasteiger partial charge on any atom is 0.306 e. The summed E-state index contributed by atoms with van der Waals surface area (Å²) in [6.45, 7) is 6.78. The Labute approximate surface area is 470 Å². The van der Waals surface area contributed by atoms with Crippen molar-refractivity contribution >= 4 is 19.7 Å². The normalized spacial score (nSPS) is 14.1. The van der Waals surface area contributed by atoms with Gasteiger partial charge in [-0.2, -0.15) is 0 Å². The van der Waals surface area contributed by atoms with Crippen LogP contribution in [-0.2, 0) is 27.9 Å². The van der Waals surface area contributed by atoms with Crippen molar-refractivity contribution in [3.05, 3.63) is 72.9 Å². The van der Waals surface area contributed by atoms with E-state index in [0.29, 0.717) is 17.4 Å². The highest BCUT2D eigenvalue weighted by molar-refractivity contribution is 7.45. The van der Waals surface area contributed by atoms with Gasteiger partial charge in [0.15, 0.2) is 0 Å². The van der Waals surface area contributed by atoms with Crippen molar-refractivity contribution in [1.82, 2.24) is 5.32 Å². The first-order chi connectivity index (χ1) is 36.9. The lowest BCUT2D eigenvalue weighted by Gasteiger charge is -2.30. The van der Waals surface area contributed by atoms with Crippen molar-refractivity contribution in [1.29, 1.82) is 0 Å². The molecule has 9 nitrogen and oxygen atoms in total. The number of esters is 1. The molecule has 0 fully saturated rings. The third kappa shape index (κ3) is 56.2. The van der Waals surface area contributed by atoms with Crippen LogP contribution in [-0.4, -0.2) is 69.4 Å². The highest BCUT2D eigenvalue weighted by atomic mass is 31.2. The monoisotopic (exact) mass is 1080 g/mol. The molecule has 0 aromatic carbocycles. The van der Waals surface area contributed by atoms with Crippen LogP contribution in [0.3, 0.4) is 0 Å². The number of ether oxygens (including phenoxy) is 1. The Hall–Kier alpha value is -2.55. The van der Waals surface area contributed by atoms with E-state index in [1.165, 1.54) is 141 Å². The molecular formula is C66H121N2O7P. The van der Waals surface area contributed by atoms with Crippen molar-refractivity contribution in [2.45, 2.75) is 296 Å². The number of carbonyl (C=O) groups excluding carboxylic acids is 2. The quantitative estimate of drug-likeness (QED) is 0.0161. The van der Waals surface area contributed by atoms with Gasteiger partial charge in [0.1, 0.15) is 19.3 Å². The standard InChI is InChI=1S/C66H121N2O7P/c1-7-10-13-16-19-22-25-28-30-31-32-33-34-35-36-37-39-41-44-47-50-53-56-59-66(70)75-64(57-54-51-48-45-42-27-24-21-18-15-12-9-3)63(62-74-76(71,72)73-61-60-68(4,5)6)67-65(69)58-55-52-49-46-43-40-38-29-26-23-20-17-14-11-8-2/h19-20,22-23,26,28-30,32-33,54,57,63-64H,7-18,21,24-25,27,31,34-53,55-56,58-62H2,1-6H3,(H-,67,69,71,72)/b22-19-,23-20+,29-26+,30-28-,33-32-,57-54-. The molecule has 0 aromatic rings. The fraction of sp³-hybridized carbons (Fsp3) is 0.788. The van der Waals surface area contributed by atoms with E-state index in [1.54, 1.807) is 0 Å². The van der Waals surface area contributed by atoms with Gasteiger partial charge in [-0.15, -0.1) is 0 Å². The zero-order chi connectivity index (χ0) is 55.7. The summed E-state index contributed by atoms with van der Waals surface area (Å²) in [6, 6.07) is -0.898. The molecule has 1 N–H and O–H groups in total. The van der Waals surface area contributed by atoms with Crippen LogP contribution >= 0.6 is 7.82 Å². The van der Waals surface area contributed by atoms with Crippen LogP contribution in [0.2, 0.25) is 0 Å². The largest absolute Gasteiger partial charge is 0.756 e. The van der Waals surface area contributed by atoms with Crippen molar-refractivity contribution in [2.75, 3.05) is 40.9 Å². The summed E-state index contributed by atoms with van der Waals surface area (Å²) >= 11 is 0. The SMILES string of the molecule is CCCCC/C=C\C/C=C\C/C=C\CCCCCCCCCCCCC(=O)OC(/C=C\CCCCCCCCCCCC)C(COP(=O)([O-])OCC[N+](C)(C)C)NC(=O)CCCCCCCC/C=C/C=C/CCCCC. The zero-order valence-corrected chi connectivity index (χ0v) is 51.3. The molecule has 0 aliphatic rings. The predicted molar refractivity (Wildman–Crippen MR) is 325 cm³/mol. The molecule has 3 atom stereocenters. The Morgan fingerprint density at radius 2 is 0.842 bits per heavy atom. The van der Waals surface area contributed by atoms with Crippen LogP contribution in [0.1, 0.15) is 284 Å². The van der Waals surface area contributed by atoms with Crippen LogP contribution in [0.25, 0.3) is 0 Å². The number of nitrogens with one attached hydrogen (secondary N) is 1. The van der Waals surface area contributed by atoms with Crippen LogP contribution in [0.4, 0.5) is 0 Å². The Balaban J connectivity index is 5.20. The number of amides is 1. The summed E-state index contributed by atoms with van der Waals surface area (Å²) in [4.78, 5) is 40.0. The molecule has 0 saturated carbocycles. The van der Waals surface area contributed by atoms with Crippen molar-refractivity contribution in [3.8, 4) is 0 Å². The summed E-state index contributed by atoms with van der Waals surface area (Å²) in [5.74, 6) is -0.556. The first-order valence-corrected chi connectivity index (χ1v) is 33.2. The smallest absolute Gasteiger partial charge is 0.306 e. The highest BCUT2D eigenvalue weighted by Crippen LogP contribution is 2.38. The lowest BCUT2D eigenvalue weighted by atomic mass is 10.0. The molecule has 0 saturated heterocycles. The maximum absolute atomic E-state index is 13.5. The summed E-state index contributed by atoms with van der Waals surface area (Å²) in [5, 5.41) is 3.02. The van der Waals surface area contributed by atoms with Gasteiger partial charge in [-0.25, -0.2) is 0 Å². The molecule has 442 valence electrons. The molecule has 76 heavy (non-hydrogen) atoms. The van der Waals surface area contributed by atoms with Gasteiger partial charge >= 0.3 is 5.97 Å². The number of phosphoric ester groups is 1. The average molecular weight is 1090 g/mol. The van der Waals surface area contributed by atoms with Crippen LogP contribution < -0.4 is 10.2 Å². The number of quaternary nitrogens is 1. The van der Waals surface area contributed by atoms with Gasteiger partial charge < -0.3 is 28.5 Å². The second kappa shape index (κ2) is 55.8. The number of rotatable bonds is 57. The predicted octanol–water partition coefficient (Wildman–Crippen LogP) is 19.0. The van der Waals surface area contributed by atoms with Crippen LogP contribution in [0, 0.1) is 0 Å². The van der Waals surface area contributed by atoms with E-state index in [4.69, 9.17) is 13.8 Å². The number of allylic oxidation sites excluding steroid dienone is 11. The van der Waals surface area contributed by atoms with Gasteiger partial charge in [0, 0.05) is 12.8 Å². The fourth-order valence-corrected chi connectivity index (χ4v) is 9.65. The lowest BCUT2D eigenvalue weighted by Crippen LogP contribution is -2.47. The van der Waals surface area contributed by atoms with Gasteiger partial charge in [-0.3, -0.25) is 14.2 Å². The van der Waals surface area contributed by atoms with E-state index in [2.05, 4.69) is 86.8 Å². The van der Waals surface area contributed by atoms with Gasteiger partial charge in [0.25, 0.3) is 7.82 Å². The minimum atomic E-state index is -4.70. The van der Waals surface area contributed by atoms with Crippen molar-refractivity contribution in [2.24, 2.45) is 0 Å². The number of hydrogen-bond acceptors (Lipinski definition) is 7. The molecule has 3 unspecified atom stereocenters. The van der Waals surface area contributed by atoms with Gasteiger partial charge in [0.05, 0.1) is 33.8 Å². The molecule has 0 rings (SSSR count). The van der Waals surface area contributed by atoms with Gasteiger partial charge in [0.2, 0.25) is 5.91 Å². The van der Waals surface area contributed by atoms with Crippen LogP contribution in [0.15, 0.2) is 72.9 Å². The van der Waals surface area contributed by atoms with Gasteiger partial charge in [-0.1, -0.05) is 248 Å². The molecular weight excluding hydrogens is 964 g/mol. The summed E-state index contributed by atoms with van der Waals surface area (Å²) in [7, 11) is 1.17. The summed E-state index contributed by atoms with van der Waals surface area (Å²) in [5.41, 5.74) is 0. The number of hydrogen-bond donors (Lipinski definition) is 1. The second-order valence-electron chi connectivity index (χ2n) is 22.6. The van der Waals surface area contributed by atoms with E-state index in [1.807, 2.05) is 33.3 Å². The first-order valence-electron chi connectivity index (χ1n) is 31.8. The molecule has 0 heterocycles. The third-order valence-electron chi connectivity index (χ3n) is 13.9. The third-order valence-corrected chi connectivity index (χ3v) is 14.9. The molecule has 0 spiro atoms. The minimum absolute atomic E-state index is 0.0273. The van der Waals surface area contributed by atoms with E-state index >= 15 is 0 Å². The minimum Gasteiger partial charge on any atom is -0.756 e. The highest BCUT2D eigenvalue weighted by Gasteiger charge is 2.27. The topological polar surface area (TPSA) is 114 Å². The Morgan fingerprint density at radius 3 is 1.30 bits per heavy atom. The average Bonchev–Trinajstić information content (AvgIpc) is 3.38. The first kappa shape index (κ1) is 73.5. The summed E-state index contributed by atoms with van der Waals surface area (Å²) in [6.07, 6.45) is 71.5. The number of phosphoric acid groups is 1. The number of likely N-dealkylation sites (N-methyl/N-ethyl adjacent to an activating group) is 1. The molecule has 0 aromatic heterocycles. The number of carbonyl (C=O) groups is 2. The van der Waals surface area contributed by atoms with E-state index in [0.717, 1.165) is 109 Å². The Bertz CT molecular complexity index is 1530. The second-order valence-corrected chi connectivity index (χ2v) is 24.0.